The van der Waals surface area contributed by atoms with E-state index in [1.165, 1.54) is 31.2 Å². The molecule has 0 aromatic heterocycles. The van der Waals surface area contributed by atoms with Crippen molar-refractivity contribution in [3.63, 3.8) is 0 Å². The van der Waals surface area contributed by atoms with E-state index in [9.17, 15) is 0 Å². The zero-order valence-electron chi connectivity index (χ0n) is 11.0. The van der Waals surface area contributed by atoms with Crippen LogP contribution in [0.15, 0.2) is 24.3 Å². The molecule has 2 rings (SSSR count). The zero-order valence-corrected chi connectivity index (χ0v) is 11.0. The number of nitrogens with two attached hydrogens (primary N) is 1. The maximum Gasteiger partial charge on any atom is 0.127 e. The molecule has 0 unspecified atom stereocenters. The van der Waals surface area contributed by atoms with E-state index in [1.807, 2.05) is 12.1 Å². The summed E-state index contributed by atoms with van der Waals surface area (Å²) in [7, 11) is 1.75. The summed E-state index contributed by atoms with van der Waals surface area (Å²) in [4.78, 5) is 0. The van der Waals surface area contributed by atoms with E-state index in [-0.39, 0.29) is 0 Å². The van der Waals surface area contributed by atoms with Gasteiger partial charge in [0.25, 0.3) is 0 Å². The van der Waals surface area contributed by atoms with Gasteiger partial charge in [-0.25, -0.2) is 0 Å². The molecule has 2 nitrogen and oxygen atoms in total. The summed E-state index contributed by atoms with van der Waals surface area (Å²) in [6.07, 6.45) is 5.58. The second-order valence-corrected chi connectivity index (χ2v) is 5.18. The highest BCUT2D eigenvalue weighted by Crippen LogP contribution is 2.22. The molecular weight excluding hydrogens is 210 g/mol. The van der Waals surface area contributed by atoms with Crippen molar-refractivity contribution in [2.24, 2.45) is 5.92 Å². The lowest BCUT2D eigenvalue weighted by Gasteiger charge is -2.26. The lowest BCUT2D eigenvalue weighted by molar-refractivity contribution is -0.712. The number of quaternary nitrogens is 1. The molecule has 1 aromatic rings. The van der Waals surface area contributed by atoms with Gasteiger partial charge in [-0.2, -0.15) is 0 Å². The van der Waals surface area contributed by atoms with E-state index in [0.717, 1.165) is 24.3 Å². The van der Waals surface area contributed by atoms with Crippen LogP contribution < -0.4 is 10.1 Å². The van der Waals surface area contributed by atoms with Gasteiger partial charge < -0.3 is 10.1 Å². The van der Waals surface area contributed by atoms with Gasteiger partial charge in [-0.1, -0.05) is 25.5 Å². The van der Waals surface area contributed by atoms with Crippen LogP contribution in [0.3, 0.4) is 0 Å². The molecule has 0 aliphatic heterocycles. The lowest BCUT2D eigenvalue weighted by Crippen LogP contribution is -2.90. The molecule has 1 aliphatic rings. The predicted molar refractivity (Wildman–Crippen MR) is 70.0 cm³/mol. The van der Waals surface area contributed by atoms with Crippen molar-refractivity contribution in [1.82, 2.24) is 0 Å². The molecule has 1 fully saturated rings. The van der Waals surface area contributed by atoms with Crippen LogP contribution in [0.1, 0.15) is 38.2 Å². The monoisotopic (exact) mass is 234 g/mol. The first-order valence-corrected chi connectivity index (χ1v) is 6.76. The highest BCUT2D eigenvalue weighted by Gasteiger charge is 2.24. The Bertz CT molecular complexity index is 351. The predicted octanol–water partition coefficient (Wildman–Crippen LogP) is 2.34. The summed E-state index contributed by atoms with van der Waals surface area (Å²) < 4.78 is 5.39. The number of ether oxygens (including phenoxy) is 1. The molecule has 1 aromatic carbocycles. The number of hydrogen-bond donors (Lipinski definition) is 1. The molecule has 94 valence electrons. The summed E-state index contributed by atoms with van der Waals surface area (Å²) in [6, 6.07) is 9.14. The largest absolute Gasteiger partial charge is 0.496 e. The van der Waals surface area contributed by atoms with E-state index < -0.39 is 0 Å². The quantitative estimate of drug-likeness (QED) is 0.850. The molecule has 2 atom stereocenters. The van der Waals surface area contributed by atoms with Gasteiger partial charge in [0.15, 0.2) is 0 Å². The molecule has 0 saturated heterocycles. The average Bonchev–Trinajstić information content (AvgIpc) is 2.38. The van der Waals surface area contributed by atoms with E-state index in [0.29, 0.717) is 0 Å². The van der Waals surface area contributed by atoms with Crippen LogP contribution in [-0.4, -0.2) is 13.2 Å². The second-order valence-electron chi connectivity index (χ2n) is 5.18. The Balaban J connectivity index is 1.92. The number of methoxy groups -OCH3 is 1. The fourth-order valence-electron chi connectivity index (χ4n) is 2.85. The van der Waals surface area contributed by atoms with E-state index in [4.69, 9.17) is 4.74 Å². The van der Waals surface area contributed by atoms with Crippen LogP contribution in [0, 0.1) is 5.92 Å². The molecule has 17 heavy (non-hydrogen) atoms. The third kappa shape index (κ3) is 3.22. The molecule has 2 N–H and O–H groups in total. The van der Waals surface area contributed by atoms with E-state index >= 15 is 0 Å². The summed E-state index contributed by atoms with van der Waals surface area (Å²) >= 11 is 0. The van der Waals surface area contributed by atoms with Gasteiger partial charge in [0.1, 0.15) is 12.3 Å². The van der Waals surface area contributed by atoms with Gasteiger partial charge in [-0.3, -0.25) is 0 Å². The van der Waals surface area contributed by atoms with Crippen LogP contribution in [0.4, 0.5) is 0 Å². The fraction of sp³-hybridized carbons (Fsp3) is 0.600. The van der Waals surface area contributed by atoms with Crippen LogP contribution in [0.5, 0.6) is 5.75 Å². The summed E-state index contributed by atoms with van der Waals surface area (Å²) in [5.74, 6) is 1.88. The normalized spacial score (nSPS) is 24.6. The Morgan fingerprint density at radius 2 is 2.00 bits per heavy atom. The average molecular weight is 234 g/mol. The highest BCUT2D eigenvalue weighted by atomic mass is 16.5. The number of rotatable bonds is 4. The third-order valence-corrected chi connectivity index (χ3v) is 4.01. The highest BCUT2D eigenvalue weighted by molar-refractivity contribution is 5.32. The van der Waals surface area contributed by atoms with E-state index in [1.54, 1.807) is 7.11 Å². The fourth-order valence-corrected chi connectivity index (χ4v) is 2.85. The second kappa shape index (κ2) is 6.06. The smallest absolute Gasteiger partial charge is 0.127 e. The van der Waals surface area contributed by atoms with Crippen LogP contribution in [0.2, 0.25) is 0 Å². The Labute approximate surface area is 104 Å². The Hall–Kier alpha value is -1.02. The van der Waals surface area contributed by atoms with Crippen molar-refractivity contribution >= 4 is 0 Å². The van der Waals surface area contributed by atoms with Gasteiger partial charge in [-0.05, 0) is 31.4 Å². The number of para-hydroxylation sites is 1. The van der Waals surface area contributed by atoms with Crippen molar-refractivity contribution in [1.29, 1.82) is 0 Å². The SMILES string of the molecule is COc1ccccc1C[NH2+][C@@H]1CCCC[C@@H]1C. The molecule has 0 amide bonds. The molecule has 0 spiro atoms. The molecular formula is C15H24NO+. The maximum absolute atomic E-state index is 5.39. The standard InChI is InChI=1S/C15H23NO/c1-12-7-3-5-9-14(12)16-11-13-8-4-6-10-15(13)17-2/h4,6,8,10,12,14,16H,3,5,7,9,11H2,1-2H3/p+1/t12-,14+/m0/s1. The molecule has 0 heterocycles. The van der Waals surface area contributed by atoms with Gasteiger partial charge in [0.05, 0.1) is 13.2 Å². The first-order chi connectivity index (χ1) is 8.31. The number of benzene rings is 1. The molecule has 1 aliphatic carbocycles. The van der Waals surface area contributed by atoms with Crippen molar-refractivity contribution in [3.8, 4) is 5.75 Å². The van der Waals surface area contributed by atoms with Gasteiger partial charge >= 0.3 is 0 Å². The lowest BCUT2D eigenvalue weighted by atomic mass is 9.86. The van der Waals surface area contributed by atoms with Gasteiger partial charge in [-0.15, -0.1) is 0 Å². The molecule has 1 saturated carbocycles. The summed E-state index contributed by atoms with van der Waals surface area (Å²) in [6.45, 7) is 3.43. The Morgan fingerprint density at radius 1 is 1.24 bits per heavy atom. The van der Waals surface area contributed by atoms with Gasteiger partial charge in [0, 0.05) is 11.5 Å². The van der Waals surface area contributed by atoms with Gasteiger partial charge in [0.2, 0.25) is 0 Å². The Kier molecular flexibility index (Phi) is 4.43. The van der Waals surface area contributed by atoms with Crippen LogP contribution in [-0.2, 0) is 6.54 Å². The third-order valence-electron chi connectivity index (χ3n) is 4.01. The zero-order chi connectivity index (χ0) is 12.1. The summed E-state index contributed by atoms with van der Waals surface area (Å²) in [5, 5.41) is 2.50. The van der Waals surface area contributed by atoms with Crippen molar-refractivity contribution in [3.05, 3.63) is 29.8 Å². The van der Waals surface area contributed by atoms with Crippen LogP contribution in [0.25, 0.3) is 0 Å². The van der Waals surface area contributed by atoms with E-state index in [2.05, 4.69) is 24.4 Å². The van der Waals surface area contributed by atoms with Crippen molar-refractivity contribution in [2.75, 3.05) is 7.11 Å². The minimum atomic E-state index is 0.800. The molecule has 0 radical (unpaired) electrons. The minimum absolute atomic E-state index is 0.800. The first kappa shape index (κ1) is 12.4. The van der Waals surface area contributed by atoms with Crippen LogP contribution >= 0.6 is 0 Å². The van der Waals surface area contributed by atoms with Crippen molar-refractivity contribution in [2.45, 2.75) is 45.2 Å². The summed E-state index contributed by atoms with van der Waals surface area (Å²) in [5.41, 5.74) is 1.31. The molecule has 0 bridgehead atoms. The van der Waals surface area contributed by atoms with Crippen molar-refractivity contribution < 1.29 is 10.1 Å². The number of hydrogen-bond acceptors (Lipinski definition) is 1. The first-order valence-electron chi connectivity index (χ1n) is 6.76. The Morgan fingerprint density at radius 3 is 2.76 bits per heavy atom. The topological polar surface area (TPSA) is 25.8 Å². The minimum Gasteiger partial charge on any atom is -0.496 e. The molecule has 2 heteroatoms. The maximum atomic E-state index is 5.39.